The third-order valence-electron chi connectivity index (χ3n) is 6.33. The van der Waals surface area contributed by atoms with Crippen LogP contribution < -0.4 is 4.74 Å². The number of rotatable bonds is 6. The molecule has 1 aliphatic heterocycles. The molecule has 33 heavy (non-hydrogen) atoms. The number of aliphatic hydroxyl groups is 5. The number of aliphatic hydroxyl groups excluding tert-OH is 4. The van der Waals surface area contributed by atoms with E-state index in [1.807, 2.05) is 0 Å². The van der Waals surface area contributed by atoms with Crippen molar-refractivity contribution in [2.45, 2.75) is 24.1 Å². The van der Waals surface area contributed by atoms with Crippen LogP contribution in [0.4, 0.5) is 0 Å². The summed E-state index contributed by atoms with van der Waals surface area (Å²) in [5.74, 6) is -1.17. The molecule has 4 rings (SSSR count). The first-order chi connectivity index (χ1) is 15.8. The first kappa shape index (κ1) is 23.9. The van der Waals surface area contributed by atoms with Crippen LogP contribution in [0.2, 0.25) is 5.02 Å². The average Bonchev–Trinajstić information content (AvgIpc) is 2.85. The smallest absolute Gasteiger partial charge is 0.254 e. The van der Waals surface area contributed by atoms with E-state index < -0.39 is 36.6 Å². The number of halogens is 1. The summed E-state index contributed by atoms with van der Waals surface area (Å²) in [5, 5.41) is 49.8. The highest BCUT2D eigenvalue weighted by molar-refractivity contribution is 6.32. The van der Waals surface area contributed by atoms with E-state index >= 15 is 0 Å². The molecular formula is C23H26ClNO8. The molecule has 0 spiro atoms. The van der Waals surface area contributed by atoms with Gasteiger partial charge in [0.2, 0.25) is 6.29 Å². The highest BCUT2D eigenvalue weighted by Crippen LogP contribution is 2.43. The van der Waals surface area contributed by atoms with Crippen LogP contribution in [0.3, 0.4) is 0 Å². The molecule has 1 saturated carbocycles. The number of hydrogen-bond donors (Lipinski definition) is 5. The Labute approximate surface area is 195 Å². The lowest BCUT2D eigenvalue weighted by molar-refractivity contribution is -0.332. The average molecular weight is 480 g/mol. The van der Waals surface area contributed by atoms with Crippen LogP contribution in [-0.4, -0.2) is 93.3 Å². The molecule has 0 radical (unpaired) electrons. The Balaban J connectivity index is 1.46. The SMILES string of the molecule is O=C(c1ccc(-c2ccc(O[C@@H](O)C3(O)C(O)[C@H](O)C3CO)c(Cl)c2)cc1)N1CCOCC1. The number of carbonyl (C=O) groups is 1. The predicted octanol–water partition coefficient (Wildman–Crippen LogP) is 0.252. The van der Waals surface area contributed by atoms with Gasteiger partial charge in [0.25, 0.3) is 5.91 Å². The number of carbonyl (C=O) groups excluding carboxylic acids is 1. The van der Waals surface area contributed by atoms with Crippen molar-refractivity contribution in [3.05, 3.63) is 53.1 Å². The summed E-state index contributed by atoms with van der Waals surface area (Å²) in [6.45, 7) is 1.54. The number of ether oxygens (including phenoxy) is 2. The molecule has 2 aromatic rings. The second kappa shape index (κ2) is 9.55. The van der Waals surface area contributed by atoms with Gasteiger partial charge >= 0.3 is 0 Å². The molecule has 178 valence electrons. The molecule has 5 atom stereocenters. The molecule has 9 nitrogen and oxygen atoms in total. The van der Waals surface area contributed by atoms with Crippen LogP contribution in [0.5, 0.6) is 5.75 Å². The van der Waals surface area contributed by atoms with Gasteiger partial charge in [0, 0.05) is 24.6 Å². The predicted molar refractivity (Wildman–Crippen MR) is 118 cm³/mol. The van der Waals surface area contributed by atoms with E-state index in [0.717, 1.165) is 11.1 Å². The lowest BCUT2D eigenvalue weighted by Crippen LogP contribution is -2.76. The maximum Gasteiger partial charge on any atom is 0.254 e. The Kier molecular flexibility index (Phi) is 6.92. The molecule has 1 saturated heterocycles. The number of amides is 1. The van der Waals surface area contributed by atoms with Crippen molar-refractivity contribution in [1.29, 1.82) is 0 Å². The van der Waals surface area contributed by atoms with Crippen LogP contribution >= 0.6 is 11.6 Å². The summed E-state index contributed by atoms with van der Waals surface area (Å²) in [5.41, 5.74) is -0.126. The van der Waals surface area contributed by atoms with Crippen molar-refractivity contribution in [2.75, 3.05) is 32.9 Å². The van der Waals surface area contributed by atoms with Crippen LogP contribution in [0.15, 0.2) is 42.5 Å². The van der Waals surface area contributed by atoms with Crippen molar-refractivity contribution in [3.63, 3.8) is 0 Å². The van der Waals surface area contributed by atoms with Gasteiger partial charge in [-0.05, 0) is 35.4 Å². The normalized spacial score (nSPS) is 28.2. The fourth-order valence-electron chi connectivity index (χ4n) is 4.20. The minimum absolute atomic E-state index is 0.0470. The van der Waals surface area contributed by atoms with Gasteiger partial charge in [0.1, 0.15) is 11.9 Å². The maximum absolute atomic E-state index is 12.6. The van der Waals surface area contributed by atoms with E-state index in [1.54, 1.807) is 41.3 Å². The molecule has 2 aromatic carbocycles. The minimum atomic E-state index is -2.24. The van der Waals surface area contributed by atoms with E-state index in [-0.39, 0.29) is 16.7 Å². The standard InChI is InChI=1S/C23H26ClNO8/c24-17-11-15(13-1-3-14(4-2-13)21(29)25-7-9-32-10-8-25)5-6-18(17)33-22(30)23(31)16(12-26)19(27)20(23)28/h1-6,11,16,19-20,22,26-28,30-31H,7-10,12H2/t16?,19-,20?,22-,23?/m1/s1. The summed E-state index contributed by atoms with van der Waals surface area (Å²) in [6.07, 6.45) is -4.99. The zero-order valence-electron chi connectivity index (χ0n) is 17.7. The zero-order chi connectivity index (χ0) is 23.8. The Morgan fingerprint density at radius 2 is 1.79 bits per heavy atom. The number of morpholine rings is 1. The summed E-state index contributed by atoms with van der Waals surface area (Å²) in [7, 11) is 0. The third-order valence-corrected chi connectivity index (χ3v) is 6.63. The maximum atomic E-state index is 12.6. The summed E-state index contributed by atoms with van der Waals surface area (Å²) in [6, 6.07) is 11.9. The monoisotopic (exact) mass is 479 g/mol. The highest BCUT2D eigenvalue weighted by atomic mass is 35.5. The molecule has 0 aromatic heterocycles. The summed E-state index contributed by atoms with van der Waals surface area (Å²) in [4.78, 5) is 14.3. The summed E-state index contributed by atoms with van der Waals surface area (Å²) < 4.78 is 10.6. The first-order valence-electron chi connectivity index (χ1n) is 10.6. The third kappa shape index (κ3) is 4.33. The Morgan fingerprint density at radius 3 is 2.39 bits per heavy atom. The number of benzene rings is 2. The van der Waals surface area contributed by atoms with E-state index in [0.29, 0.717) is 31.9 Å². The van der Waals surface area contributed by atoms with Gasteiger partial charge < -0.3 is 39.9 Å². The molecular weight excluding hydrogens is 454 g/mol. The van der Waals surface area contributed by atoms with Gasteiger partial charge in [-0.3, -0.25) is 4.79 Å². The molecule has 1 aliphatic carbocycles. The fraction of sp³-hybridized carbons (Fsp3) is 0.435. The van der Waals surface area contributed by atoms with Gasteiger partial charge in [-0.2, -0.15) is 0 Å². The minimum Gasteiger partial charge on any atom is -0.460 e. The number of hydrogen-bond acceptors (Lipinski definition) is 8. The van der Waals surface area contributed by atoms with Crippen LogP contribution in [0.1, 0.15) is 10.4 Å². The zero-order valence-corrected chi connectivity index (χ0v) is 18.4. The van der Waals surface area contributed by atoms with Gasteiger partial charge in [0.05, 0.1) is 30.9 Å². The van der Waals surface area contributed by atoms with Crippen molar-refractivity contribution in [1.82, 2.24) is 4.90 Å². The fourth-order valence-corrected chi connectivity index (χ4v) is 4.42. The van der Waals surface area contributed by atoms with Crippen molar-refractivity contribution < 1.29 is 39.8 Å². The highest BCUT2D eigenvalue weighted by Gasteiger charge is 2.65. The van der Waals surface area contributed by atoms with E-state index in [2.05, 4.69) is 0 Å². The van der Waals surface area contributed by atoms with Crippen LogP contribution in [0.25, 0.3) is 11.1 Å². The molecule has 10 heteroatoms. The largest absolute Gasteiger partial charge is 0.460 e. The molecule has 3 unspecified atom stereocenters. The van der Waals surface area contributed by atoms with Gasteiger partial charge in [-0.1, -0.05) is 29.8 Å². The van der Waals surface area contributed by atoms with E-state index in [4.69, 9.17) is 21.1 Å². The lowest BCUT2D eigenvalue weighted by atomic mass is 9.64. The Hall–Kier alpha value is -2.24. The topological polar surface area (TPSA) is 140 Å². The van der Waals surface area contributed by atoms with E-state index in [1.165, 1.54) is 6.07 Å². The van der Waals surface area contributed by atoms with Gasteiger partial charge in [-0.15, -0.1) is 0 Å². The lowest BCUT2D eigenvalue weighted by Gasteiger charge is -2.53. The van der Waals surface area contributed by atoms with E-state index in [9.17, 15) is 30.3 Å². The van der Waals surface area contributed by atoms with Crippen LogP contribution in [-0.2, 0) is 4.74 Å². The van der Waals surface area contributed by atoms with Crippen molar-refractivity contribution in [3.8, 4) is 16.9 Å². The Morgan fingerprint density at radius 1 is 1.15 bits per heavy atom. The molecule has 1 amide bonds. The molecule has 2 aliphatic rings. The molecule has 5 N–H and O–H groups in total. The second-order valence-electron chi connectivity index (χ2n) is 8.21. The Bertz CT molecular complexity index is 996. The first-order valence-corrected chi connectivity index (χ1v) is 11.0. The number of nitrogens with zero attached hydrogens (tertiary/aromatic N) is 1. The second-order valence-corrected chi connectivity index (χ2v) is 8.62. The van der Waals surface area contributed by atoms with Crippen molar-refractivity contribution in [2.24, 2.45) is 5.92 Å². The van der Waals surface area contributed by atoms with Gasteiger partial charge in [0.15, 0.2) is 5.60 Å². The van der Waals surface area contributed by atoms with Crippen molar-refractivity contribution >= 4 is 17.5 Å². The molecule has 2 fully saturated rings. The molecule has 0 bridgehead atoms. The van der Waals surface area contributed by atoms with Crippen LogP contribution in [0, 0.1) is 5.92 Å². The molecule has 1 heterocycles. The summed E-state index contributed by atoms with van der Waals surface area (Å²) >= 11 is 6.30. The van der Waals surface area contributed by atoms with Gasteiger partial charge in [-0.25, -0.2) is 0 Å². The quantitative estimate of drug-likeness (QED) is 0.371.